The molecule has 0 saturated carbocycles. The zero-order valence-corrected chi connectivity index (χ0v) is 13.0. The fraction of sp³-hybridized carbons (Fsp3) is 0.562. The fourth-order valence-electron chi connectivity index (χ4n) is 2.34. The van der Waals surface area contributed by atoms with Crippen molar-refractivity contribution in [3.63, 3.8) is 0 Å². The second-order valence-corrected chi connectivity index (χ2v) is 4.69. The number of carbonyl (C=O) groups is 1. The highest BCUT2D eigenvalue weighted by Gasteiger charge is 2.28. The summed E-state index contributed by atoms with van der Waals surface area (Å²) in [5.41, 5.74) is 2.60. The first kappa shape index (κ1) is 16.7. The Hall–Kier alpha value is -1.39. The summed E-state index contributed by atoms with van der Waals surface area (Å²) in [5, 5.41) is 2.91. The van der Waals surface area contributed by atoms with E-state index in [1.165, 1.54) is 11.1 Å². The summed E-state index contributed by atoms with van der Waals surface area (Å²) in [6.07, 6.45) is 0.783. The molecule has 1 heterocycles. The highest BCUT2D eigenvalue weighted by atomic mass is 16.5. The first-order valence-corrected chi connectivity index (χ1v) is 7.26. The van der Waals surface area contributed by atoms with Crippen LogP contribution in [0.25, 0.3) is 0 Å². The monoisotopic (exact) mass is 278 g/mol. The highest BCUT2D eigenvalue weighted by Crippen LogP contribution is 2.21. The second kappa shape index (κ2) is 8.72. The molecule has 1 N–H and O–H groups in total. The molecule has 0 fully saturated rings. The molecular weight excluding hydrogens is 252 g/mol. The number of amides is 1. The first-order valence-electron chi connectivity index (χ1n) is 7.26. The maximum atomic E-state index is 12.1. The number of hydrogen-bond acceptors (Lipinski definition) is 3. The predicted octanol–water partition coefficient (Wildman–Crippen LogP) is 1.83. The maximum Gasteiger partial charge on any atom is 0.237 e. The number of nitrogens with one attached hydrogen (secondary N) is 1. The van der Waals surface area contributed by atoms with Gasteiger partial charge in [-0.25, -0.2) is 0 Å². The van der Waals surface area contributed by atoms with Gasteiger partial charge in [-0.1, -0.05) is 38.1 Å². The minimum absolute atomic E-state index is 0.0724. The van der Waals surface area contributed by atoms with Crippen LogP contribution in [-0.2, 0) is 22.5 Å². The SMILES string of the molecule is CC.COCCNC(=O)C1Cc2ccccc2CN1C. The van der Waals surface area contributed by atoms with Gasteiger partial charge in [0.2, 0.25) is 5.91 Å². The van der Waals surface area contributed by atoms with Crippen LogP contribution in [0.4, 0.5) is 0 Å². The molecule has 1 unspecified atom stereocenters. The quantitative estimate of drug-likeness (QED) is 0.854. The summed E-state index contributed by atoms with van der Waals surface area (Å²) in [5.74, 6) is 0.0871. The third kappa shape index (κ3) is 4.32. The molecule has 1 aromatic carbocycles. The van der Waals surface area contributed by atoms with E-state index in [9.17, 15) is 4.79 Å². The maximum absolute atomic E-state index is 12.1. The van der Waals surface area contributed by atoms with Gasteiger partial charge < -0.3 is 10.1 Å². The number of rotatable bonds is 4. The van der Waals surface area contributed by atoms with E-state index in [4.69, 9.17) is 4.74 Å². The molecule has 0 aromatic heterocycles. The molecule has 20 heavy (non-hydrogen) atoms. The van der Waals surface area contributed by atoms with Crippen molar-refractivity contribution in [1.29, 1.82) is 0 Å². The number of benzene rings is 1. The molecule has 0 bridgehead atoms. The van der Waals surface area contributed by atoms with Crippen LogP contribution >= 0.6 is 0 Å². The van der Waals surface area contributed by atoms with Gasteiger partial charge in [-0.2, -0.15) is 0 Å². The second-order valence-electron chi connectivity index (χ2n) is 4.69. The van der Waals surface area contributed by atoms with Crippen molar-refractivity contribution in [2.75, 3.05) is 27.3 Å². The van der Waals surface area contributed by atoms with E-state index >= 15 is 0 Å². The van der Waals surface area contributed by atoms with Crippen molar-refractivity contribution in [3.05, 3.63) is 35.4 Å². The number of fused-ring (bicyclic) bond motifs is 1. The average molecular weight is 278 g/mol. The first-order chi connectivity index (χ1) is 9.72. The number of ether oxygens (including phenoxy) is 1. The molecule has 1 atom stereocenters. The normalized spacial score (nSPS) is 17.7. The van der Waals surface area contributed by atoms with Crippen LogP contribution in [0.15, 0.2) is 24.3 Å². The highest BCUT2D eigenvalue weighted by molar-refractivity contribution is 5.82. The molecule has 1 amide bonds. The minimum Gasteiger partial charge on any atom is -0.383 e. The van der Waals surface area contributed by atoms with Crippen LogP contribution in [-0.4, -0.2) is 44.2 Å². The Kier molecular flexibility index (Phi) is 7.26. The van der Waals surface area contributed by atoms with Crippen LogP contribution in [0.1, 0.15) is 25.0 Å². The number of likely N-dealkylation sites (N-methyl/N-ethyl adjacent to an activating group) is 1. The smallest absolute Gasteiger partial charge is 0.237 e. The Morgan fingerprint density at radius 1 is 1.35 bits per heavy atom. The van der Waals surface area contributed by atoms with Crippen molar-refractivity contribution in [2.24, 2.45) is 0 Å². The molecule has 0 spiro atoms. The molecule has 1 aliphatic heterocycles. The van der Waals surface area contributed by atoms with Crippen LogP contribution in [0.3, 0.4) is 0 Å². The molecule has 0 aliphatic carbocycles. The van der Waals surface area contributed by atoms with Gasteiger partial charge in [-0.05, 0) is 24.6 Å². The van der Waals surface area contributed by atoms with Crippen LogP contribution in [0.5, 0.6) is 0 Å². The zero-order valence-electron chi connectivity index (χ0n) is 13.0. The lowest BCUT2D eigenvalue weighted by Gasteiger charge is -2.33. The number of carbonyl (C=O) groups excluding carboxylic acids is 1. The molecule has 0 radical (unpaired) electrons. The van der Waals surface area contributed by atoms with Crippen molar-refractivity contribution in [1.82, 2.24) is 10.2 Å². The Bertz CT molecular complexity index is 421. The number of methoxy groups -OCH3 is 1. The van der Waals surface area contributed by atoms with Crippen molar-refractivity contribution in [2.45, 2.75) is 32.9 Å². The molecule has 4 heteroatoms. The molecule has 112 valence electrons. The summed E-state index contributed by atoms with van der Waals surface area (Å²) >= 11 is 0. The van der Waals surface area contributed by atoms with E-state index in [1.807, 2.05) is 33.0 Å². The average Bonchev–Trinajstić information content (AvgIpc) is 2.48. The van der Waals surface area contributed by atoms with E-state index in [2.05, 4.69) is 22.3 Å². The lowest BCUT2D eigenvalue weighted by atomic mass is 9.94. The summed E-state index contributed by atoms with van der Waals surface area (Å²) in [4.78, 5) is 14.2. The van der Waals surface area contributed by atoms with Gasteiger partial charge in [0.25, 0.3) is 0 Å². The van der Waals surface area contributed by atoms with Crippen molar-refractivity contribution in [3.8, 4) is 0 Å². The van der Waals surface area contributed by atoms with E-state index in [-0.39, 0.29) is 11.9 Å². The lowest BCUT2D eigenvalue weighted by molar-refractivity contribution is -0.126. The van der Waals surface area contributed by atoms with E-state index in [0.717, 1.165) is 13.0 Å². The molecule has 1 aromatic rings. The number of nitrogens with zero attached hydrogens (tertiary/aromatic N) is 1. The van der Waals surface area contributed by atoms with Crippen LogP contribution in [0, 0.1) is 0 Å². The largest absolute Gasteiger partial charge is 0.383 e. The predicted molar refractivity (Wildman–Crippen MR) is 81.6 cm³/mol. The Labute approximate surface area is 122 Å². The van der Waals surface area contributed by atoms with Gasteiger partial charge in [-0.15, -0.1) is 0 Å². The zero-order chi connectivity index (χ0) is 15.0. The van der Waals surface area contributed by atoms with Gasteiger partial charge in [0.15, 0.2) is 0 Å². The molecule has 4 nitrogen and oxygen atoms in total. The van der Waals surface area contributed by atoms with Gasteiger partial charge in [-0.3, -0.25) is 9.69 Å². The fourth-order valence-corrected chi connectivity index (χ4v) is 2.34. The van der Waals surface area contributed by atoms with Crippen LogP contribution in [0.2, 0.25) is 0 Å². The third-order valence-corrected chi connectivity index (χ3v) is 3.39. The van der Waals surface area contributed by atoms with Gasteiger partial charge >= 0.3 is 0 Å². The summed E-state index contributed by atoms with van der Waals surface area (Å²) in [6, 6.07) is 8.25. The molecule has 1 aliphatic rings. The Balaban J connectivity index is 0.000000956. The summed E-state index contributed by atoms with van der Waals surface area (Å²) < 4.78 is 4.93. The van der Waals surface area contributed by atoms with Gasteiger partial charge in [0.1, 0.15) is 0 Å². The molecule has 0 saturated heterocycles. The number of hydrogen-bond donors (Lipinski definition) is 1. The van der Waals surface area contributed by atoms with Crippen molar-refractivity contribution >= 4 is 5.91 Å². The summed E-state index contributed by atoms with van der Waals surface area (Å²) in [6.45, 7) is 5.96. The topological polar surface area (TPSA) is 41.6 Å². The third-order valence-electron chi connectivity index (χ3n) is 3.39. The standard InChI is InChI=1S/C14H20N2O2.C2H6/c1-16-10-12-6-4-3-5-11(12)9-13(16)14(17)15-7-8-18-2;1-2/h3-6,13H,7-10H2,1-2H3,(H,15,17);1-2H3. The van der Waals surface area contributed by atoms with E-state index in [0.29, 0.717) is 13.2 Å². The van der Waals surface area contributed by atoms with Crippen molar-refractivity contribution < 1.29 is 9.53 Å². The molecule has 2 rings (SSSR count). The van der Waals surface area contributed by atoms with Gasteiger partial charge in [0.05, 0.1) is 12.6 Å². The van der Waals surface area contributed by atoms with E-state index in [1.54, 1.807) is 7.11 Å². The van der Waals surface area contributed by atoms with E-state index < -0.39 is 0 Å². The van der Waals surface area contributed by atoms with Gasteiger partial charge in [0, 0.05) is 20.2 Å². The Morgan fingerprint density at radius 2 is 2.00 bits per heavy atom. The Morgan fingerprint density at radius 3 is 2.65 bits per heavy atom. The summed E-state index contributed by atoms with van der Waals surface area (Å²) in [7, 11) is 3.63. The minimum atomic E-state index is -0.0724. The lowest BCUT2D eigenvalue weighted by Crippen LogP contribution is -2.49. The molecular formula is C16H26N2O2. The van der Waals surface area contributed by atoms with Crippen LogP contribution < -0.4 is 5.32 Å².